The van der Waals surface area contributed by atoms with Crippen LogP contribution in [0.1, 0.15) is 26.2 Å². The van der Waals surface area contributed by atoms with Gasteiger partial charge in [-0.15, -0.1) is 0 Å². The third-order valence-corrected chi connectivity index (χ3v) is 2.05. The van der Waals surface area contributed by atoms with E-state index < -0.39 is 6.17 Å². The number of hydrogen-bond donors (Lipinski definition) is 2. The summed E-state index contributed by atoms with van der Waals surface area (Å²) in [7, 11) is 0. The highest BCUT2D eigenvalue weighted by molar-refractivity contribution is 5.97. The summed E-state index contributed by atoms with van der Waals surface area (Å²) in [5.74, 6) is -0.287. The molecular weight excluding hydrogens is 170 g/mol. The maximum absolute atomic E-state index is 11.2. The van der Waals surface area contributed by atoms with Crippen molar-refractivity contribution in [3.8, 4) is 0 Å². The van der Waals surface area contributed by atoms with Crippen LogP contribution in [0.15, 0.2) is 0 Å². The van der Waals surface area contributed by atoms with Crippen LogP contribution in [0.2, 0.25) is 0 Å². The lowest BCUT2D eigenvalue weighted by Gasteiger charge is -2.32. The van der Waals surface area contributed by atoms with Crippen LogP contribution in [0, 0.1) is 0 Å². The second-order valence-corrected chi connectivity index (χ2v) is 3.17. The monoisotopic (exact) mass is 185 g/mol. The molecule has 0 aromatic rings. The zero-order valence-electron chi connectivity index (χ0n) is 7.75. The molecule has 0 radical (unpaired) electrons. The Bertz CT molecular complexity index is 217. The Morgan fingerprint density at radius 3 is 2.85 bits per heavy atom. The van der Waals surface area contributed by atoms with Crippen LogP contribution < -0.4 is 11.1 Å². The molecule has 1 atom stereocenters. The van der Waals surface area contributed by atoms with E-state index in [4.69, 9.17) is 5.73 Å². The zero-order valence-corrected chi connectivity index (χ0v) is 7.75. The third-order valence-electron chi connectivity index (χ3n) is 2.05. The van der Waals surface area contributed by atoms with E-state index in [0.717, 1.165) is 12.8 Å². The molecule has 5 heteroatoms. The number of nitrogens with one attached hydrogen (secondary N) is 1. The number of carbonyl (C=O) groups is 2. The molecule has 0 aliphatic carbocycles. The molecule has 3 N–H and O–H groups in total. The Morgan fingerprint density at radius 2 is 2.31 bits per heavy atom. The van der Waals surface area contributed by atoms with Crippen molar-refractivity contribution in [2.75, 3.05) is 6.54 Å². The van der Waals surface area contributed by atoms with Crippen molar-refractivity contribution in [1.82, 2.24) is 10.2 Å². The van der Waals surface area contributed by atoms with E-state index in [1.807, 2.05) is 6.92 Å². The second-order valence-electron chi connectivity index (χ2n) is 3.17. The van der Waals surface area contributed by atoms with E-state index in [0.29, 0.717) is 6.54 Å². The Labute approximate surface area is 77.3 Å². The highest BCUT2D eigenvalue weighted by Gasteiger charge is 2.28. The van der Waals surface area contributed by atoms with Gasteiger partial charge in [-0.25, -0.2) is 4.79 Å². The fourth-order valence-electron chi connectivity index (χ4n) is 1.29. The number of amides is 3. The van der Waals surface area contributed by atoms with Gasteiger partial charge >= 0.3 is 6.03 Å². The van der Waals surface area contributed by atoms with Crippen molar-refractivity contribution in [3.05, 3.63) is 0 Å². The molecule has 1 rings (SSSR count). The number of unbranched alkanes of at least 4 members (excludes halogenated alkanes) is 1. The van der Waals surface area contributed by atoms with Crippen molar-refractivity contribution in [3.63, 3.8) is 0 Å². The third kappa shape index (κ3) is 2.42. The van der Waals surface area contributed by atoms with Crippen LogP contribution in [0.3, 0.4) is 0 Å². The largest absolute Gasteiger partial charge is 0.325 e. The van der Waals surface area contributed by atoms with Gasteiger partial charge in [0.05, 0.1) is 12.6 Å². The molecule has 5 nitrogen and oxygen atoms in total. The van der Waals surface area contributed by atoms with Crippen molar-refractivity contribution in [2.45, 2.75) is 32.4 Å². The molecule has 1 fully saturated rings. The van der Waals surface area contributed by atoms with Crippen LogP contribution in [0.25, 0.3) is 0 Å². The van der Waals surface area contributed by atoms with E-state index in [1.54, 1.807) is 0 Å². The van der Waals surface area contributed by atoms with Gasteiger partial charge < -0.3 is 10.6 Å². The maximum atomic E-state index is 11.2. The van der Waals surface area contributed by atoms with Crippen molar-refractivity contribution in [1.29, 1.82) is 0 Å². The van der Waals surface area contributed by atoms with E-state index in [2.05, 4.69) is 5.32 Å². The standard InChI is InChI=1S/C8H15N3O2/c1-2-3-4-11-6(9)5-7(12)10-8(11)13/h6H,2-5,9H2,1H3,(H,10,12,13). The highest BCUT2D eigenvalue weighted by Crippen LogP contribution is 2.06. The summed E-state index contributed by atoms with van der Waals surface area (Å²) in [6.45, 7) is 2.66. The molecule has 1 heterocycles. The lowest BCUT2D eigenvalue weighted by atomic mass is 10.2. The maximum Gasteiger partial charge on any atom is 0.325 e. The predicted molar refractivity (Wildman–Crippen MR) is 47.7 cm³/mol. The minimum absolute atomic E-state index is 0.204. The van der Waals surface area contributed by atoms with Crippen LogP contribution in [0.4, 0.5) is 4.79 Å². The van der Waals surface area contributed by atoms with Crippen molar-refractivity contribution in [2.24, 2.45) is 5.73 Å². The minimum atomic E-state index is -0.451. The number of urea groups is 1. The summed E-state index contributed by atoms with van der Waals surface area (Å²) in [6, 6.07) is -0.364. The molecule has 1 saturated heterocycles. The quantitative estimate of drug-likeness (QED) is 0.650. The molecule has 0 aromatic carbocycles. The number of nitrogens with two attached hydrogens (primary N) is 1. The van der Waals surface area contributed by atoms with Gasteiger partial charge in [-0.1, -0.05) is 13.3 Å². The first-order valence-electron chi connectivity index (χ1n) is 4.51. The Morgan fingerprint density at radius 1 is 1.62 bits per heavy atom. The van der Waals surface area contributed by atoms with E-state index in [1.165, 1.54) is 4.90 Å². The number of nitrogens with zero attached hydrogens (tertiary/aromatic N) is 1. The van der Waals surface area contributed by atoms with Gasteiger partial charge in [0.25, 0.3) is 0 Å². The molecule has 1 unspecified atom stereocenters. The highest BCUT2D eigenvalue weighted by atomic mass is 16.2. The van der Waals surface area contributed by atoms with E-state index in [9.17, 15) is 9.59 Å². The smallest absolute Gasteiger partial charge is 0.311 e. The van der Waals surface area contributed by atoms with Crippen LogP contribution in [-0.2, 0) is 4.79 Å². The molecule has 1 aliphatic rings. The number of imide groups is 1. The zero-order chi connectivity index (χ0) is 9.84. The summed E-state index contributed by atoms with van der Waals surface area (Å²) in [4.78, 5) is 23.6. The molecule has 0 saturated carbocycles. The summed E-state index contributed by atoms with van der Waals surface area (Å²) in [6.07, 6.45) is 1.67. The molecule has 1 aliphatic heterocycles. The normalized spacial score (nSPS) is 23.2. The lowest BCUT2D eigenvalue weighted by molar-refractivity contribution is -0.122. The molecule has 3 amide bonds. The van der Waals surface area contributed by atoms with Crippen molar-refractivity contribution >= 4 is 11.9 Å². The fraction of sp³-hybridized carbons (Fsp3) is 0.750. The number of hydrogen-bond acceptors (Lipinski definition) is 3. The second kappa shape index (κ2) is 4.23. The first kappa shape index (κ1) is 9.98. The van der Waals surface area contributed by atoms with Crippen LogP contribution in [0.5, 0.6) is 0 Å². The van der Waals surface area contributed by atoms with Crippen molar-refractivity contribution < 1.29 is 9.59 Å². The molecule has 13 heavy (non-hydrogen) atoms. The SMILES string of the molecule is CCCCN1C(=O)NC(=O)CC1N. The average Bonchev–Trinajstić information content (AvgIpc) is 2.02. The molecular formula is C8H15N3O2. The lowest BCUT2D eigenvalue weighted by Crippen LogP contribution is -2.58. The number of rotatable bonds is 3. The van der Waals surface area contributed by atoms with Gasteiger partial charge in [0, 0.05) is 6.54 Å². The van der Waals surface area contributed by atoms with E-state index >= 15 is 0 Å². The molecule has 0 bridgehead atoms. The van der Waals surface area contributed by atoms with Crippen LogP contribution in [-0.4, -0.2) is 29.5 Å². The summed E-state index contributed by atoms with van der Waals surface area (Å²) in [5, 5.41) is 2.24. The number of carbonyl (C=O) groups excluding carboxylic acids is 2. The Balaban J connectivity index is 2.51. The predicted octanol–water partition coefficient (Wildman–Crippen LogP) is 0.0132. The van der Waals surface area contributed by atoms with Gasteiger partial charge in [-0.3, -0.25) is 10.1 Å². The fourth-order valence-corrected chi connectivity index (χ4v) is 1.29. The molecule has 0 aromatic heterocycles. The molecule has 74 valence electrons. The summed E-state index contributed by atoms with van der Waals surface area (Å²) in [5.41, 5.74) is 5.64. The van der Waals surface area contributed by atoms with Crippen LogP contribution >= 0.6 is 0 Å². The first-order chi connectivity index (χ1) is 6.15. The van der Waals surface area contributed by atoms with Gasteiger partial charge in [0.1, 0.15) is 0 Å². The minimum Gasteiger partial charge on any atom is -0.311 e. The van der Waals surface area contributed by atoms with Gasteiger partial charge in [-0.05, 0) is 6.42 Å². The summed E-state index contributed by atoms with van der Waals surface area (Å²) >= 11 is 0. The molecule has 0 spiro atoms. The van der Waals surface area contributed by atoms with Gasteiger partial charge in [-0.2, -0.15) is 0 Å². The van der Waals surface area contributed by atoms with E-state index in [-0.39, 0.29) is 18.4 Å². The van der Waals surface area contributed by atoms with Gasteiger partial charge in [0.2, 0.25) is 5.91 Å². The summed E-state index contributed by atoms with van der Waals surface area (Å²) < 4.78 is 0. The Hall–Kier alpha value is -1.10. The Kier molecular flexibility index (Phi) is 3.25. The first-order valence-corrected chi connectivity index (χ1v) is 4.51. The topological polar surface area (TPSA) is 75.4 Å². The van der Waals surface area contributed by atoms with Gasteiger partial charge in [0.15, 0.2) is 0 Å². The average molecular weight is 185 g/mol.